The van der Waals surface area contributed by atoms with Crippen LogP contribution >= 0.6 is 0 Å². The Labute approximate surface area is 192 Å². The van der Waals surface area contributed by atoms with Gasteiger partial charge >= 0.3 is 6.18 Å². The minimum Gasteiger partial charge on any atom is -0.394 e. The molecule has 7 nitrogen and oxygen atoms in total. The molecular weight excluding hydrogens is 454 g/mol. The molecule has 0 bridgehead atoms. The van der Waals surface area contributed by atoms with Gasteiger partial charge in [-0.2, -0.15) is 18.4 Å². The first-order valence-corrected chi connectivity index (χ1v) is 9.96. The minimum atomic E-state index is -4.77. The van der Waals surface area contributed by atoms with Crippen LogP contribution in [-0.2, 0) is 4.79 Å². The van der Waals surface area contributed by atoms with Crippen molar-refractivity contribution in [3.63, 3.8) is 0 Å². The Balaban J connectivity index is 2.17. The third kappa shape index (κ3) is 4.91. The number of carbonyl (C=O) groups excluding carboxylic acids is 2. The zero-order valence-corrected chi connectivity index (χ0v) is 17.8. The van der Waals surface area contributed by atoms with Crippen molar-refractivity contribution in [2.24, 2.45) is 0 Å². The summed E-state index contributed by atoms with van der Waals surface area (Å²) in [4.78, 5) is 27.0. The monoisotopic (exact) mass is 473 g/mol. The SMILES string of the molecule is CN/C=C(\C=N)[C@@H]1[C@@H](C(=O)Nc2ccc(F)c(C#N)c2)c2ccccc2C(=O)N1CC(F)(F)F. The molecule has 3 N–H and O–H groups in total. The number of anilines is 1. The van der Waals surface area contributed by atoms with Gasteiger partial charge in [0.25, 0.3) is 5.91 Å². The summed E-state index contributed by atoms with van der Waals surface area (Å²) in [6.45, 7) is -1.64. The quantitative estimate of drug-likeness (QED) is 0.440. The summed E-state index contributed by atoms with van der Waals surface area (Å²) < 4.78 is 54.1. The van der Waals surface area contributed by atoms with E-state index >= 15 is 0 Å². The third-order valence-corrected chi connectivity index (χ3v) is 5.24. The fraction of sp³-hybridized carbons (Fsp3) is 0.217. The highest BCUT2D eigenvalue weighted by molar-refractivity contribution is 6.06. The van der Waals surface area contributed by atoms with Crippen LogP contribution in [-0.4, -0.2) is 48.7 Å². The minimum absolute atomic E-state index is 0.0356. The number of nitriles is 1. The van der Waals surface area contributed by atoms with Gasteiger partial charge in [0.1, 0.15) is 18.4 Å². The lowest BCUT2D eigenvalue weighted by Gasteiger charge is -2.42. The zero-order valence-electron chi connectivity index (χ0n) is 17.8. The Kier molecular flexibility index (Phi) is 7.00. The third-order valence-electron chi connectivity index (χ3n) is 5.24. The highest BCUT2D eigenvalue weighted by atomic mass is 19.4. The summed E-state index contributed by atoms with van der Waals surface area (Å²) >= 11 is 0. The Hall–Kier alpha value is -4.20. The molecule has 3 rings (SSSR count). The van der Waals surface area contributed by atoms with Gasteiger partial charge in [0.15, 0.2) is 0 Å². The highest BCUT2D eigenvalue weighted by Gasteiger charge is 2.48. The highest BCUT2D eigenvalue weighted by Crippen LogP contribution is 2.38. The Morgan fingerprint density at radius 1 is 1.26 bits per heavy atom. The molecule has 2 aromatic carbocycles. The normalized spacial score (nSPS) is 18.1. The first-order chi connectivity index (χ1) is 16.1. The lowest BCUT2D eigenvalue weighted by atomic mass is 9.79. The van der Waals surface area contributed by atoms with Crippen LogP contribution in [0.5, 0.6) is 0 Å². The molecule has 2 atom stereocenters. The fourth-order valence-corrected chi connectivity index (χ4v) is 3.90. The second-order valence-electron chi connectivity index (χ2n) is 7.43. The fourth-order valence-electron chi connectivity index (χ4n) is 3.90. The first kappa shape index (κ1) is 24.4. The van der Waals surface area contributed by atoms with Crippen molar-refractivity contribution in [3.8, 4) is 6.07 Å². The topological polar surface area (TPSA) is 109 Å². The predicted octanol–water partition coefficient (Wildman–Crippen LogP) is 3.56. The smallest absolute Gasteiger partial charge is 0.394 e. The van der Waals surface area contributed by atoms with E-state index in [0.29, 0.717) is 4.90 Å². The van der Waals surface area contributed by atoms with Crippen LogP contribution in [0.1, 0.15) is 27.4 Å². The second kappa shape index (κ2) is 9.74. The number of carbonyl (C=O) groups is 2. The van der Waals surface area contributed by atoms with E-state index in [4.69, 9.17) is 10.7 Å². The van der Waals surface area contributed by atoms with Gasteiger partial charge in [-0.3, -0.25) is 9.59 Å². The average molecular weight is 473 g/mol. The molecule has 0 fully saturated rings. The number of rotatable bonds is 6. The predicted molar refractivity (Wildman–Crippen MR) is 116 cm³/mol. The van der Waals surface area contributed by atoms with Gasteiger partial charge in [0, 0.05) is 36.3 Å². The molecule has 34 heavy (non-hydrogen) atoms. The van der Waals surface area contributed by atoms with Crippen molar-refractivity contribution < 1.29 is 27.2 Å². The van der Waals surface area contributed by atoms with Crippen molar-refractivity contribution in [2.75, 3.05) is 18.9 Å². The summed E-state index contributed by atoms with van der Waals surface area (Å²) in [6.07, 6.45) is -2.75. The molecule has 11 heteroatoms. The summed E-state index contributed by atoms with van der Waals surface area (Å²) in [5, 5.41) is 21.9. The van der Waals surface area contributed by atoms with Gasteiger partial charge < -0.3 is 20.9 Å². The molecule has 0 aromatic heterocycles. The number of fused-ring (bicyclic) bond motifs is 1. The van der Waals surface area contributed by atoms with E-state index in [-0.39, 0.29) is 28.0 Å². The summed E-state index contributed by atoms with van der Waals surface area (Å²) in [5.74, 6) is -3.87. The van der Waals surface area contributed by atoms with Crippen LogP contribution in [0.15, 0.2) is 54.2 Å². The van der Waals surface area contributed by atoms with Gasteiger partial charge in [-0.25, -0.2) is 4.39 Å². The van der Waals surface area contributed by atoms with E-state index in [1.165, 1.54) is 37.5 Å². The largest absolute Gasteiger partial charge is 0.406 e. The van der Waals surface area contributed by atoms with Crippen LogP contribution in [0.2, 0.25) is 0 Å². The summed E-state index contributed by atoms with van der Waals surface area (Å²) in [7, 11) is 1.47. The van der Waals surface area contributed by atoms with E-state index in [9.17, 15) is 27.2 Å². The van der Waals surface area contributed by atoms with E-state index in [1.54, 1.807) is 12.1 Å². The number of benzene rings is 2. The van der Waals surface area contributed by atoms with Gasteiger partial charge in [-0.1, -0.05) is 18.2 Å². The molecule has 0 saturated carbocycles. The van der Waals surface area contributed by atoms with Crippen LogP contribution in [0.25, 0.3) is 0 Å². The number of hydrogen-bond donors (Lipinski definition) is 3. The standard InChI is InChI=1S/C23H19F4N5O2/c1-30-11-14(10-29)20-19(21(33)31-15-6-7-18(24)13(8-15)9-28)16-4-2-3-5-17(16)22(34)32(20)12-23(25,26)27/h2-8,10-11,19-20,29-30H,12H2,1H3,(H,31,33)/b14-11+,29-10?/t19-,20+/m0/s1. The van der Waals surface area contributed by atoms with Crippen molar-refractivity contribution >= 4 is 23.7 Å². The molecule has 0 spiro atoms. The van der Waals surface area contributed by atoms with Gasteiger partial charge in [-0.05, 0) is 29.8 Å². The molecule has 2 aromatic rings. The van der Waals surface area contributed by atoms with Crippen molar-refractivity contribution in [1.82, 2.24) is 10.2 Å². The molecule has 176 valence electrons. The van der Waals surface area contributed by atoms with E-state index in [0.717, 1.165) is 18.3 Å². The first-order valence-electron chi connectivity index (χ1n) is 9.96. The van der Waals surface area contributed by atoms with Crippen molar-refractivity contribution in [3.05, 3.63) is 76.7 Å². The molecule has 0 unspecified atom stereocenters. The lowest BCUT2D eigenvalue weighted by molar-refractivity contribution is -0.146. The maximum absolute atomic E-state index is 13.7. The molecule has 0 radical (unpaired) electrons. The summed E-state index contributed by atoms with van der Waals surface area (Å²) in [6, 6.07) is 9.25. The Morgan fingerprint density at radius 3 is 2.59 bits per heavy atom. The number of hydrogen-bond acceptors (Lipinski definition) is 5. The van der Waals surface area contributed by atoms with E-state index in [2.05, 4.69) is 10.6 Å². The number of nitrogens with zero attached hydrogens (tertiary/aromatic N) is 2. The van der Waals surface area contributed by atoms with Crippen LogP contribution in [0.3, 0.4) is 0 Å². The Bertz CT molecular complexity index is 1200. The van der Waals surface area contributed by atoms with Crippen molar-refractivity contribution in [2.45, 2.75) is 18.1 Å². The maximum Gasteiger partial charge on any atom is 0.406 e. The molecule has 0 saturated heterocycles. The second-order valence-corrected chi connectivity index (χ2v) is 7.43. The Morgan fingerprint density at radius 2 is 1.97 bits per heavy atom. The number of amides is 2. The molecule has 1 aliphatic heterocycles. The maximum atomic E-state index is 13.7. The van der Waals surface area contributed by atoms with Gasteiger partial charge in [0.2, 0.25) is 5.91 Å². The zero-order chi connectivity index (χ0) is 25.0. The van der Waals surface area contributed by atoms with Crippen LogP contribution in [0.4, 0.5) is 23.2 Å². The summed E-state index contributed by atoms with van der Waals surface area (Å²) in [5.41, 5.74) is -0.213. The van der Waals surface area contributed by atoms with Crippen LogP contribution in [0, 0.1) is 22.6 Å². The van der Waals surface area contributed by atoms with E-state index in [1.807, 2.05) is 0 Å². The molecule has 2 amide bonds. The number of halogens is 4. The molecule has 1 aliphatic rings. The van der Waals surface area contributed by atoms with Gasteiger partial charge in [-0.15, -0.1) is 0 Å². The van der Waals surface area contributed by atoms with E-state index < -0.39 is 42.3 Å². The number of nitrogens with one attached hydrogen (secondary N) is 3. The average Bonchev–Trinajstić information content (AvgIpc) is 2.79. The molecule has 0 aliphatic carbocycles. The molecular formula is C23H19F4N5O2. The van der Waals surface area contributed by atoms with Gasteiger partial charge in [0.05, 0.1) is 17.5 Å². The van der Waals surface area contributed by atoms with Crippen LogP contribution < -0.4 is 10.6 Å². The molecule has 1 heterocycles. The number of alkyl halides is 3. The lowest BCUT2D eigenvalue weighted by Crippen LogP contribution is -2.55. The van der Waals surface area contributed by atoms with Crippen molar-refractivity contribution in [1.29, 1.82) is 10.7 Å².